The highest BCUT2D eigenvalue weighted by atomic mass is 32.1. The lowest BCUT2D eigenvalue weighted by Crippen LogP contribution is -2.38. The highest BCUT2D eigenvalue weighted by Crippen LogP contribution is 2.38. The topological polar surface area (TPSA) is 76.6 Å². The van der Waals surface area contributed by atoms with Crippen molar-refractivity contribution in [2.24, 2.45) is 0 Å². The van der Waals surface area contributed by atoms with Crippen LogP contribution >= 0.6 is 11.3 Å². The van der Waals surface area contributed by atoms with Crippen molar-refractivity contribution in [2.45, 2.75) is 39.2 Å². The Balaban J connectivity index is 1.71. The second kappa shape index (κ2) is 8.47. The third-order valence-corrected chi connectivity index (χ3v) is 6.84. The number of carbonyl (C=O) groups is 1. The number of rotatable bonds is 5. The quantitative estimate of drug-likeness (QED) is 0.640. The van der Waals surface area contributed by atoms with E-state index in [4.69, 9.17) is 9.47 Å². The van der Waals surface area contributed by atoms with E-state index in [0.717, 1.165) is 41.0 Å². The van der Waals surface area contributed by atoms with Crippen LogP contribution in [0, 0.1) is 6.92 Å². The van der Waals surface area contributed by atoms with Crippen LogP contribution in [0.5, 0.6) is 11.5 Å². The van der Waals surface area contributed by atoms with Crippen LogP contribution in [-0.4, -0.2) is 42.7 Å². The molecule has 0 bridgehead atoms. The Hall–Kier alpha value is -2.87. The van der Waals surface area contributed by atoms with Crippen molar-refractivity contribution in [3.8, 4) is 11.5 Å². The first kappa shape index (κ1) is 20.4. The lowest BCUT2D eigenvalue weighted by atomic mass is 10.0. The number of nitrogens with one attached hydrogen (secondary N) is 1. The molecule has 158 valence electrons. The Bertz CT molecular complexity index is 1080. The average Bonchev–Trinajstić information content (AvgIpc) is 3.11. The molecule has 4 rings (SSSR count). The zero-order valence-corrected chi connectivity index (χ0v) is 18.5. The van der Waals surface area contributed by atoms with Gasteiger partial charge < -0.3 is 19.7 Å². The summed E-state index contributed by atoms with van der Waals surface area (Å²) in [5, 5.41) is 3.94. The van der Waals surface area contributed by atoms with Gasteiger partial charge >= 0.3 is 0 Å². The van der Waals surface area contributed by atoms with Crippen LogP contribution in [0.4, 0.5) is 11.5 Å². The number of benzene rings is 1. The molecule has 8 heteroatoms. The average molecular weight is 427 g/mol. The van der Waals surface area contributed by atoms with Gasteiger partial charge in [-0.2, -0.15) is 0 Å². The van der Waals surface area contributed by atoms with Gasteiger partial charge in [-0.3, -0.25) is 4.79 Å². The number of ether oxygens (including phenoxy) is 2. The molecule has 1 N–H and O–H groups in total. The van der Waals surface area contributed by atoms with Gasteiger partial charge in [0, 0.05) is 18.7 Å². The van der Waals surface area contributed by atoms with Crippen LogP contribution in [0.25, 0.3) is 10.2 Å². The molecule has 30 heavy (non-hydrogen) atoms. The predicted octanol–water partition coefficient (Wildman–Crippen LogP) is 4.65. The fraction of sp³-hybridized carbons (Fsp3) is 0.409. The van der Waals surface area contributed by atoms with Gasteiger partial charge in [0.1, 0.15) is 28.5 Å². The number of methoxy groups -OCH3 is 2. The number of carbonyl (C=O) groups excluding carboxylic acids is 1. The SMILES string of the molecule is COc1ccc(OC)c(NC(=O)c2sc3ncnc(N4CCCCC4C)c3c2C)c1. The molecule has 0 aliphatic carbocycles. The van der Waals surface area contributed by atoms with Gasteiger partial charge in [0.2, 0.25) is 0 Å². The van der Waals surface area contributed by atoms with E-state index < -0.39 is 0 Å². The van der Waals surface area contributed by atoms with E-state index >= 15 is 0 Å². The minimum Gasteiger partial charge on any atom is -0.497 e. The van der Waals surface area contributed by atoms with E-state index in [-0.39, 0.29) is 5.91 Å². The van der Waals surface area contributed by atoms with Crippen molar-refractivity contribution in [1.82, 2.24) is 9.97 Å². The molecule has 0 radical (unpaired) electrons. The number of anilines is 2. The zero-order chi connectivity index (χ0) is 21.3. The summed E-state index contributed by atoms with van der Waals surface area (Å²) in [5.74, 6) is 1.95. The summed E-state index contributed by atoms with van der Waals surface area (Å²) in [6.07, 6.45) is 5.14. The van der Waals surface area contributed by atoms with Crippen LogP contribution in [0.3, 0.4) is 0 Å². The van der Waals surface area contributed by atoms with Crippen LogP contribution in [-0.2, 0) is 0 Å². The standard InChI is InChI=1S/C22H26N4O3S/c1-13-7-5-6-10-26(13)20-18-14(2)19(30-22(18)24-12-23-20)21(27)25-16-11-15(28-3)8-9-17(16)29-4/h8-9,11-13H,5-7,10H2,1-4H3,(H,25,27). The number of aryl methyl sites for hydroxylation is 1. The molecule has 1 unspecified atom stereocenters. The van der Waals surface area contributed by atoms with Crippen LogP contribution < -0.4 is 19.7 Å². The molecule has 0 saturated carbocycles. The van der Waals surface area contributed by atoms with Gasteiger partial charge in [0.15, 0.2) is 0 Å². The Morgan fingerprint density at radius 2 is 2.07 bits per heavy atom. The maximum atomic E-state index is 13.2. The molecule has 1 aromatic carbocycles. The van der Waals surface area contributed by atoms with Crippen molar-refractivity contribution in [3.05, 3.63) is 35.0 Å². The summed E-state index contributed by atoms with van der Waals surface area (Å²) in [6, 6.07) is 5.74. The lowest BCUT2D eigenvalue weighted by Gasteiger charge is -2.34. The fourth-order valence-corrected chi connectivity index (χ4v) is 5.03. The first-order valence-electron chi connectivity index (χ1n) is 10.1. The van der Waals surface area contributed by atoms with Crippen LogP contribution in [0.2, 0.25) is 0 Å². The van der Waals surface area contributed by atoms with E-state index in [1.54, 1.807) is 38.7 Å². The normalized spacial score (nSPS) is 16.5. The number of hydrogen-bond donors (Lipinski definition) is 1. The second-order valence-electron chi connectivity index (χ2n) is 7.49. The maximum Gasteiger partial charge on any atom is 0.266 e. The van der Waals surface area contributed by atoms with Crippen molar-refractivity contribution < 1.29 is 14.3 Å². The largest absolute Gasteiger partial charge is 0.497 e. The first-order chi connectivity index (χ1) is 14.5. The van der Waals surface area contributed by atoms with Crippen LogP contribution in [0.15, 0.2) is 24.5 Å². The molecule has 7 nitrogen and oxygen atoms in total. The van der Waals surface area contributed by atoms with Crippen molar-refractivity contribution >= 4 is 39.0 Å². The van der Waals surface area contributed by atoms with E-state index in [1.807, 2.05) is 6.92 Å². The first-order valence-corrected chi connectivity index (χ1v) is 10.9. The Morgan fingerprint density at radius 3 is 2.80 bits per heavy atom. The Kier molecular flexibility index (Phi) is 5.76. The summed E-state index contributed by atoms with van der Waals surface area (Å²) in [4.78, 5) is 26.0. The molecule has 3 heterocycles. The number of hydrogen-bond acceptors (Lipinski definition) is 7. The van der Waals surface area contributed by atoms with Crippen molar-refractivity contribution in [1.29, 1.82) is 0 Å². The van der Waals surface area contributed by atoms with Gasteiger partial charge in [-0.05, 0) is 50.8 Å². The van der Waals surface area contributed by atoms with Crippen molar-refractivity contribution in [2.75, 3.05) is 31.0 Å². The summed E-state index contributed by atoms with van der Waals surface area (Å²) in [5.41, 5.74) is 1.47. The molecule has 1 saturated heterocycles. The predicted molar refractivity (Wildman–Crippen MR) is 120 cm³/mol. The Morgan fingerprint density at radius 1 is 1.23 bits per heavy atom. The molecule has 1 atom stereocenters. The van der Waals surface area contributed by atoms with Gasteiger partial charge in [-0.25, -0.2) is 9.97 Å². The third kappa shape index (κ3) is 3.67. The van der Waals surface area contributed by atoms with Gasteiger partial charge in [-0.15, -0.1) is 11.3 Å². The molecular formula is C22H26N4O3S. The summed E-state index contributed by atoms with van der Waals surface area (Å²) in [7, 11) is 3.16. The van der Waals surface area contributed by atoms with Crippen LogP contribution in [0.1, 0.15) is 41.4 Å². The van der Waals surface area contributed by atoms with Gasteiger partial charge in [-0.1, -0.05) is 0 Å². The number of nitrogens with zero attached hydrogens (tertiary/aromatic N) is 3. The fourth-order valence-electron chi connectivity index (χ4n) is 3.99. The molecule has 1 amide bonds. The summed E-state index contributed by atoms with van der Waals surface area (Å²) >= 11 is 1.39. The maximum absolute atomic E-state index is 13.2. The van der Waals surface area contributed by atoms with E-state index in [1.165, 1.54) is 17.8 Å². The summed E-state index contributed by atoms with van der Waals surface area (Å²) < 4.78 is 10.7. The van der Waals surface area contributed by atoms with E-state index in [9.17, 15) is 4.79 Å². The second-order valence-corrected chi connectivity index (χ2v) is 8.49. The molecule has 1 fully saturated rings. The highest BCUT2D eigenvalue weighted by molar-refractivity contribution is 7.20. The molecule has 1 aliphatic rings. The number of thiophene rings is 1. The Labute approximate surface area is 180 Å². The number of fused-ring (bicyclic) bond motifs is 1. The molecule has 2 aromatic heterocycles. The highest BCUT2D eigenvalue weighted by Gasteiger charge is 2.26. The minimum absolute atomic E-state index is 0.195. The van der Waals surface area contributed by atoms with Gasteiger partial charge in [0.05, 0.1) is 30.2 Å². The smallest absolute Gasteiger partial charge is 0.266 e. The lowest BCUT2D eigenvalue weighted by molar-refractivity contribution is 0.102. The minimum atomic E-state index is -0.195. The molecular weight excluding hydrogens is 400 g/mol. The van der Waals surface area contributed by atoms with E-state index in [0.29, 0.717) is 28.1 Å². The zero-order valence-electron chi connectivity index (χ0n) is 17.7. The van der Waals surface area contributed by atoms with Gasteiger partial charge in [0.25, 0.3) is 5.91 Å². The van der Waals surface area contributed by atoms with E-state index in [2.05, 4.69) is 27.1 Å². The van der Waals surface area contributed by atoms with Crippen molar-refractivity contribution in [3.63, 3.8) is 0 Å². The molecule has 3 aromatic rings. The number of aromatic nitrogens is 2. The monoisotopic (exact) mass is 426 g/mol. The number of amides is 1. The molecule has 1 aliphatic heterocycles. The molecule has 0 spiro atoms. The third-order valence-electron chi connectivity index (χ3n) is 5.64. The number of piperidine rings is 1. The summed E-state index contributed by atoms with van der Waals surface area (Å²) in [6.45, 7) is 5.18.